The largest absolute Gasteiger partial charge is 0.342 e. The first-order chi connectivity index (χ1) is 12.4. The first-order valence-corrected chi connectivity index (χ1v) is 9.43. The molecule has 8 heteroatoms. The van der Waals surface area contributed by atoms with E-state index in [0.717, 1.165) is 38.9 Å². The maximum Gasteiger partial charge on any atom is 0.227 e. The molecule has 2 aliphatic heterocycles. The molecule has 2 aliphatic rings. The van der Waals surface area contributed by atoms with E-state index in [0.29, 0.717) is 37.1 Å². The standard InChI is InChI=1S/C18H29N5O3/c1-13-19-16(26-20-13)10-14-4-6-22(7-5-14)18(25)15-11-17(24)23(12-15)9-8-21(2)3/h14-15H,4-12H2,1-3H3/t15-/m1/s1. The highest BCUT2D eigenvalue weighted by atomic mass is 16.5. The summed E-state index contributed by atoms with van der Waals surface area (Å²) in [5.41, 5.74) is 0. The number of carbonyl (C=O) groups is 2. The smallest absolute Gasteiger partial charge is 0.227 e. The van der Waals surface area contributed by atoms with Gasteiger partial charge in [0.2, 0.25) is 17.7 Å². The lowest BCUT2D eigenvalue weighted by Gasteiger charge is -2.33. The predicted octanol–water partition coefficient (Wildman–Crippen LogP) is 0.569. The maximum absolute atomic E-state index is 12.8. The molecule has 0 unspecified atom stereocenters. The van der Waals surface area contributed by atoms with Gasteiger partial charge in [-0.2, -0.15) is 4.98 Å². The molecule has 1 aromatic heterocycles. The van der Waals surface area contributed by atoms with Gasteiger partial charge in [-0.25, -0.2) is 0 Å². The van der Waals surface area contributed by atoms with Crippen LogP contribution in [0.4, 0.5) is 0 Å². The van der Waals surface area contributed by atoms with Gasteiger partial charge < -0.3 is 19.2 Å². The van der Waals surface area contributed by atoms with E-state index in [1.165, 1.54) is 0 Å². The quantitative estimate of drug-likeness (QED) is 0.735. The zero-order valence-corrected chi connectivity index (χ0v) is 16.0. The van der Waals surface area contributed by atoms with Crippen LogP contribution in [-0.2, 0) is 16.0 Å². The summed E-state index contributed by atoms with van der Waals surface area (Å²) in [5, 5.41) is 3.83. The van der Waals surface area contributed by atoms with Crippen LogP contribution in [0.2, 0.25) is 0 Å². The molecule has 1 aromatic rings. The van der Waals surface area contributed by atoms with E-state index in [2.05, 4.69) is 15.0 Å². The number of likely N-dealkylation sites (tertiary alicyclic amines) is 2. The van der Waals surface area contributed by atoms with Crippen LogP contribution < -0.4 is 0 Å². The molecule has 2 fully saturated rings. The van der Waals surface area contributed by atoms with Crippen molar-refractivity contribution in [2.45, 2.75) is 32.6 Å². The monoisotopic (exact) mass is 363 g/mol. The Morgan fingerprint density at radius 2 is 2.04 bits per heavy atom. The van der Waals surface area contributed by atoms with Crippen LogP contribution in [0, 0.1) is 18.8 Å². The summed E-state index contributed by atoms with van der Waals surface area (Å²) in [6.07, 6.45) is 3.02. The molecule has 2 saturated heterocycles. The van der Waals surface area contributed by atoms with E-state index >= 15 is 0 Å². The molecule has 3 heterocycles. The van der Waals surface area contributed by atoms with E-state index in [1.54, 1.807) is 0 Å². The number of piperidine rings is 1. The van der Waals surface area contributed by atoms with Gasteiger partial charge in [-0.15, -0.1) is 0 Å². The minimum atomic E-state index is -0.181. The Morgan fingerprint density at radius 3 is 2.65 bits per heavy atom. The van der Waals surface area contributed by atoms with Crippen LogP contribution in [0.5, 0.6) is 0 Å². The molecule has 0 spiro atoms. The van der Waals surface area contributed by atoms with Crippen molar-refractivity contribution in [1.82, 2.24) is 24.8 Å². The minimum absolute atomic E-state index is 0.104. The van der Waals surface area contributed by atoms with Crippen molar-refractivity contribution < 1.29 is 14.1 Å². The fourth-order valence-corrected chi connectivity index (χ4v) is 3.76. The molecule has 1 atom stereocenters. The number of hydrogen-bond donors (Lipinski definition) is 0. The molecule has 26 heavy (non-hydrogen) atoms. The third-order valence-electron chi connectivity index (χ3n) is 5.34. The lowest BCUT2D eigenvalue weighted by atomic mass is 9.92. The minimum Gasteiger partial charge on any atom is -0.342 e. The lowest BCUT2D eigenvalue weighted by molar-refractivity contribution is -0.137. The molecular formula is C18H29N5O3. The van der Waals surface area contributed by atoms with Crippen LogP contribution in [0.25, 0.3) is 0 Å². The number of amides is 2. The van der Waals surface area contributed by atoms with Gasteiger partial charge in [-0.3, -0.25) is 9.59 Å². The van der Waals surface area contributed by atoms with Gasteiger partial charge in [-0.05, 0) is 39.8 Å². The molecule has 0 aromatic carbocycles. The number of hydrogen-bond acceptors (Lipinski definition) is 6. The van der Waals surface area contributed by atoms with Gasteiger partial charge in [0.25, 0.3) is 0 Å². The number of rotatable bonds is 6. The topological polar surface area (TPSA) is 82.8 Å². The summed E-state index contributed by atoms with van der Waals surface area (Å²) >= 11 is 0. The van der Waals surface area contributed by atoms with Gasteiger partial charge in [-0.1, -0.05) is 5.16 Å². The van der Waals surface area contributed by atoms with Gasteiger partial charge in [0, 0.05) is 45.6 Å². The van der Waals surface area contributed by atoms with Gasteiger partial charge in [0.05, 0.1) is 5.92 Å². The maximum atomic E-state index is 12.8. The molecule has 0 N–H and O–H groups in total. The first kappa shape index (κ1) is 18.8. The summed E-state index contributed by atoms with van der Waals surface area (Å²) < 4.78 is 5.20. The molecule has 144 valence electrons. The first-order valence-electron chi connectivity index (χ1n) is 9.43. The van der Waals surface area contributed by atoms with Crippen LogP contribution in [0.3, 0.4) is 0 Å². The Balaban J connectivity index is 1.45. The average Bonchev–Trinajstić information content (AvgIpc) is 3.18. The van der Waals surface area contributed by atoms with Crippen molar-refractivity contribution in [2.75, 3.05) is 46.8 Å². The van der Waals surface area contributed by atoms with Crippen LogP contribution >= 0.6 is 0 Å². The molecule has 0 radical (unpaired) electrons. The van der Waals surface area contributed by atoms with E-state index in [-0.39, 0.29) is 17.7 Å². The van der Waals surface area contributed by atoms with Crippen LogP contribution in [0.15, 0.2) is 4.52 Å². The van der Waals surface area contributed by atoms with E-state index in [1.807, 2.05) is 30.8 Å². The molecular weight excluding hydrogens is 334 g/mol. The van der Waals surface area contributed by atoms with E-state index in [4.69, 9.17) is 4.52 Å². The number of aryl methyl sites for hydroxylation is 1. The van der Waals surface area contributed by atoms with Gasteiger partial charge >= 0.3 is 0 Å². The van der Waals surface area contributed by atoms with Crippen LogP contribution in [-0.4, -0.2) is 83.5 Å². The van der Waals surface area contributed by atoms with E-state index < -0.39 is 0 Å². The zero-order chi connectivity index (χ0) is 18.7. The molecule has 0 bridgehead atoms. The number of nitrogens with zero attached hydrogens (tertiary/aromatic N) is 5. The summed E-state index contributed by atoms with van der Waals surface area (Å²) in [5.74, 6) is 1.88. The second-order valence-corrected chi connectivity index (χ2v) is 7.75. The van der Waals surface area contributed by atoms with Crippen LogP contribution in [0.1, 0.15) is 31.0 Å². The Hall–Kier alpha value is -1.96. The van der Waals surface area contributed by atoms with Crippen molar-refractivity contribution in [1.29, 1.82) is 0 Å². The van der Waals surface area contributed by atoms with Gasteiger partial charge in [0.15, 0.2) is 5.82 Å². The van der Waals surface area contributed by atoms with Crippen molar-refractivity contribution >= 4 is 11.8 Å². The Labute approximate surface area is 154 Å². The predicted molar refractivity (Wildman–Crippen MR) is 95.3 cm³/mol. The molecule has 0 saturated carbocycles. The molecule has 2 amide bonds. The molecule has 3 rings (SSSR count). The summed E-state index contributed by atoms with van der Waals surface area (Å²) in [4.78, 5) is 35.0. The van der Waals surface area contributed by atoms with Crippen molar-refractivity contribution in [3.8, 4) is 0 Å². The normalized spacial score (nSPS) is 21.8. The number of likely N-dealkylation sites (N-methyl/N-ethyl adjacent to an activating group) is 1. The summed E-state index contributed by atoms with van der Waals surface area (Å²) in [7, 11) is 3.98. The highest BCUT2D eigenvalue weighted by molar-refractivity contribution is 5.89. The second kappa shape index (κ2) is 8.16. The molecule has 8 nitrogen and oxygen atoms in total. The Bertz CT molecular complexity index is 637. The van der Waals surface area contributed by atoms with Gasteiger partial charge in [0.1, 0.15) is 0 Å². The summed E-state index contributed by atoms with van der Waals surface area (Å²) in [6.45, 7) is 5.40. The van der Waals surface area contributed by atoms with E-state index in [9.17, 15) is 9.59 Å². The molecule has 0 aliphatic carbocycles. The fourth-order valence-electron chi connectivity index (χ4n) is 3.76. The van der Waals surface area contributed by atoms with Crippen molar-refractivity contribution in [3.05, 3.63) is 11.7 Å². The fraction of sp³-hybridized carbons (Fsp3) is 0.778. The Kier molecular flexibility index (Phi) is 5.90. The highest BCUT2D eigenvalue weighted by Gasteiger charge is 2.37. The SMILES string of the molecule is Cc1noc(CC2CCN(C(=O)[C@@H]3CC(=O)N(CCN(C)C)C3)CC2)n1. The highest BCUT2D eigenvalue weighted by Crippen LogP contribution is 2.25. The summed E-state index contributed by atoms with van der Waals surface area (Å²) in [6, 6.07) is 0. The number of aromatic nitrogens is 2. The lowest BCUT2D eigenvalue weighted by Crippen LogP contribution is -2.43. The van der Waals surface area contributed by atoms with Crippen molar-refractivity contribution in [3.63, 3.8) is 0 Å². The zero-order valence-electron chi connectivity index (χ0n) is 16.0. The van der Waals surface area contributed by atoms with Crippen molar-refractivity contribution in [2.24, 2.45) is 11.8 Å². The third-order valence-corrected chi connectivity index (χ3v) is 5.34. The second-order valence-electron chi connectivity index (χ2n) is 7.75. The third kappa shape index (κ3) is 4.60. The average molecular weight is 363 g/mol. The Morgan fingerprint density at radius 1 is 1.31 bits per heavy atom. The number of carbonyl (C=O) groups excluding carboxylic acids is 2.